The third-order valence-electron chi connectivity index (χ3n) is 3.16. The van der Waals surface area contributed by atoms with Crippen molar-refractivity contribution in [2.75, 3.05) is 17.7 Å². The first-order valence-corrected chi connectivity index (χ1v) is 8.00. The Labute approximate surface area is 134 Å². The van der Waals surface area contributed by atoms with Crippen LogP contribution in [0.15, 0.2) is 53.4 Å². The van der Waals surface area contributed by atoms with Crippen LogP contribution >= 0.6 is 11.8 Å². The van der Waals surface area contributed by atoms with E-state index < -0.39 is 6.09 Å². The predicted octanol–water partition coefficient (Wildman–Crippen LogP) is 3.83. The number of para-hydroxylation sites is 1. The second kappa shape index (κ2) is 8.46. The van der Waals surface area contributed by atoms with Gasteiger partial charge in [-0.2, -0.15) is 0 Å². The SMILES string of the molecule is Cc1c(CO)cccc1SCCOC(=O)Nc1ccccc1. The molecule has 0 aliphatic heterocycles. The maximum Gasteiger partial charge on any atom is 0.411 e. The Kier molecular flexibility index (Phi) is 6.30. The molecular formula is C17H19NO3S. The van der Waals surface area contributed by atoms with Gasteiger partial charge in [0.1, 0.15) is 6.61 Å². The van der Waals surface area contributed by atoms with E-state index in [4.69, 9.17) is 4.74 Å². The van der Waals surface area contributed by atoms with Crippen LogP contribution in [0.5, 0.6) is 0 Å². The number of nitrogens with one attached hydrogen (secondary N) is 1. The molecule has 2 aromatic rings. The van der Waals surface area contributed by atoms with Crippen molar-refractivity contribution in [1.29, 1.82) is 0 Å². The number of benzene rings is 2. The molecule has 0 heterocycles. The lowest BCUT2D eigenvalue weighted by molar-refractivity contribution is 0.169. The van der Waals surface area contributed by atoms with E-state index >= 15 is 0 Å². The fourth-order valence-electron chi connectivity index (χ4n) is 1.95. The molecule has 2 aromatic carbocycles. The van der Waals surface area contributed by atoms with Crippen LogP contribution in [0.3, 0.4) is 0 Å². The summed E-state index contributed by atoms with van der Waals surface area (Å²) >= 11 is 1.61. The molecule has 0 saturated carbocycles. The summed E-state index contributed by atoms with van der Waals surface area (Å²) in [5.41, 5.74) is 2.71. The van der Waals surface area contributed by atoms with E-state index in [1.165, 1.54) is 0 Å². The van der Waals surface area contributed by atoms with Gasteiger partial charge in [-0.1, -0.05) is 30.3 Å². The Morgan fingerprint density at radius 3 is 2.68 bits per heavy atom. The molecular weight excluding hydrogens is 298 g/mol. The molecule has 0 atom stereocenters. The van der Waals surface area contributed by atoms with Crippen molar-refractivity contribution in [1.82, 2.24) is 0 Å². The maximum atomic E-state index is 11.6. The normalized spacial score (nSPS) is 10.3. The van der Waals surface area contributed by atoms with Crippen molar-refractivity contribution < 1.29 is 14.6 Å². The molecule has 0 unspecified atom stereocenters. The van der Waals surface area contributed by atoms with Gasteiger partial charge in [0.15, 0.2) is 0 Å². The zero-order valence-electron chi connectivity index (χ0n) is 12.4. The van der Waals surface area contributed by atoms with E-state index in [-0.39, 0.29) is 6.61 Å². The fraction of sp³-hybridized carbons (Fsp3) is 0.235. The van der Waals surface area contributed by atoms with Gasteiger partial charge < -0.3 is 9.84 Å². The molecule has 116 valence electrons. The minimum Gasteiger partial charge on any atom is -0.448 e. The number of anilines is 1. The maximum absolute atomic E-state index is 11.6. The number of aliphatic hydroxyl groups is 1. The van der Waals surface area contributed by atoms with Gasteiger partial charge in [0, 0.05) is 16.3 Å². The lowest BCUT2D eigenvalue weighted by Crippen LogP contribution is -2.15. The number of carbonyl (C=O) groups is 1. The van der Waals surface area contributed by atoms with Crippen LogP contribution in [0, 0.1) is 6.92 Å². The van der Waals surface area contributed by atoms with Gasteiger partial charge in [-0.3, -0.25) is 5.32 Å². The molecule has 4 nitrogen and oxygen atoms in total. The highest BCUT2D eigenvalue weighted by Crippen LogP contribution is 2.24. The van der Waals surface area contributed by atoms with Gasteiger partial charge in [0.05, 0.1) is 6.61 Å². The lowest BCUT2D eigenvalue weighted by Gasteiger charge is -2.10. The van der Waals surface area contributed by atoms with Crippen LogP contribution < -0.4 is 5.32 Å². The second-order valence-electron chi connectivity index (χ2n) is 4.67. The first kappa shape index (κ1) is 16.4. The number of hydrogen-bond acceptors (Lipinski definition) is 4. The highest BCUT2D eigenvalue weighted by Gasteiger charge is 2.05. The number of amides is 1. The van der Waals surface area contributed by atoms with Crippen LogP contribution in [-0.2, 0) is 11.3 Å². The second-order valence-corrected chi connectivity index (χ2v) is 5.81. The average molecular weight is 317 g/mol. The van der Waals surface area contributed by atoms with Crippen molar-refractivity contribution in [2.24, 2.45) is 0 Å². The number of ether oxygens (including phenoxy) is 1. The Morgan fingerprint density at radius 2 is 1.95 bits per heavy atom. The molecule has 0 bridgehead atoms. The molecule has 1 amide bonds. The summed E-state index contributed by atoms with van der Waals surface area (Å²) in [5.74, 6) is 0.665. The standard InChI is InChI=1S/C17H19NO3S/c1-13-14(12-19)6-5-9-16(13)22-11-10-21-17(20)18-15-7-3-2-4-8-15/h2-9,19H,10-12H2,1H3,(H,18,20). The van der Waals surface area contributed by atoms with Gasteiger partial charge >= 0.3 is 6.09 Å². The van der Waals surface area contributed by atoms with E-state index in [0.29, 0.717) is 18.0 Å². The van der Waals surface area contributed by atoms with Crippen LogP contribution in [0.2, 0.25) is 0 Å². The molecule has 0 aliphatic rings. The summed E-state index contributed by atoms with van der Waals surface area (Å²) in [7, 11) is 0. The van der Waals surface area contributed by atoms with E-state index in [9.17, 15) is 9.90 Å². The van der Waals surface area contributed by atoms with Gasteiger partial charge in [-0.25, -0.2) is 4.79 Å². The summed E-state index contributed by atoms with van der Waals surface area (Å²) < 4.78 is 5.14. The smallest absolute Gasteiger partial charge is 0.411 e. The van der Waals surface area contributed by atoms with Gasteiger partial charge in [0.2, 0.25) is 0 Å². The molecule has 22 heavy (non-hydrogen) atoms. The third-order valence-corrected chi connectivity index (χ3v) is 4.28. The molecule has 0 saturated heterocycles. The van der Waals surface area contributed by atoms with Crippen LogP contribution in [0.4, 0.5) is 10.5 Å². The Balaban J connectivity index is 1.74. The van der Waals surface area contributed by atoms with Crippen LogP contribution in [-0.4, -0.2) is 23.6 Å². The van der Waals surface area contributed by atoms with Crippen LogP contribution in [0.1, 0.15) is 11.1 Å². The quantitative estimate of drug-likeness (QED) is 0.628. The zero-order valence-corrected chi connectivity index (χ0v) is 13.2. The van der Waals surface area contributed by atoms with Gasteiger partial charge in [0.25, 0.3) is 0 Å². The Bertz CT molecular complexity index is 617. The fourth-order valence-corrected chi connectivity index (χ4v) is 2.86. The first-order valence-electron chi connectivity index (χ1n) is 7.01. The Hall–Kier alpha value is -1.98. The molecule has 0 radical (unpaired) electrons. The summed E-state index contributed by atoms with van der Waals surface area (Å²) in [6.07, 6.45) is -0.451. The predicted molar refractivity (Wildman–Crippen MR) is 89.2 cm³/mol. The van der Waals surface area contributed by atoms with E-state index in [1.54, 1.807) is 23.9 Å². The Morgan fingerprint density at radius 1 is 1.18 bits per heavy atom. The molecule has 0 fully saturated rings. The van der Waals surface area contributed by atoms with Crippen LogP contribution in [0.25, 0.3) is 0 Å². The topological polar surface area (TPSA) is 58.6 Å². The number of aliphatic hydroxyl groups excluding tert-OH is 1. The minimum atomic E-state index is -0.451. The number of carbonyl (C=O) groups excluding carboxylic acids is 1. The molecule has 0 aromatic heterocycles. The average Bonchev–Trinajstić information content (AvgIpc) is 2.54. The summed E-state index contributed by atoms with van der Waals surface area (Å²) in [5, 5.41) is 11.9. The summed E-state index contributed by atoms with van der Waals surface area (Å²) in [6, 6.07) is 15.0. The number of rotatable bonds is 6. The lowest BCUT2D eigenvalue weighted by atomic mass is 10.1. The highest BCUT2D eigenvalue weighted by atomic mass is 32.2. The molecule has 5 heteroatoms. The van der Waals surface area contributed by atoms with Crippen molar-refractivity contribution in [3.63, 3.8) is 0 Å². The summed E-state index contributed by atoms with van der Waals surface area (Å²) in [6.45, 7) is 2.35. The van der Waals surface area contributed by atoms with E-state index in [0.717, 1.165) is 16.0 Å². The molecule has 2 rings (SSSR count). The van der Waals surface area contributed by atoms with E-state index in [1.807, 2.05) is 43.3 Å². The third kappa shape index (κ3) is 4.79. The number of hydrogen-bond donors (Lipinski definition) is 2. The van der Waals surface area contributed by atoms with Crippen molar-refractivity contribution in [3.05, 3.63) is 59.7 Å². The minimum absolute atomic E-state index is 0.0379. The van der Waals surface area contributed by atoms with Crippen molar-refractivity contribution >= 4 is 23.5 Å². The van der Waals surface area contributed by atoms with Gasteiger partial charge in [-0.05, 0) is 36.2 Å². The summed E-state index contributed by atoms with van der Waals surface area (Å²) in [4.78, 5) is 12.7. The van der Waals surface area contributed by atoms with Crippen molar-refractivity contribution in [2.45, 2.75) is 18.4 Å². The first-order chi connectivity index (χ1) is 10.7. The monoisotopic (exact) mass is 317 g/mol. The molecule has 0 spiro atoms. The van der Waals surface area contributed by atoms with Crippen molar-refractivity contribution in [3.8, 4) is 0 Å². The highest BCUT2D eigenvalue weighted by molar-refractivity contribution is 7.99. The molecule has 2 N–H and O–H groups in total. The number of thioether (sulfide) groups is 1. The molecule has 0 aliphatic carbocycles. The van der Waals surface area contributed by atoms with E-state index in [2.05, 4.69) is 5.32 Å². The zero-order chi connectivity index (χ0) is 15.8. The van der Waals surface area contributed by atoms with Gasteiger partial charge in [-0.15, -0.1) is 11.8 Å². The largest absolute Gasteiger partial charge is 0.448 e.